The molecule has 0 bridgehead atoms. The Morgan fingerprint density at radius 2 is 2.31 bits per heavy atom. The van der Waals surface area contributed by atoms with E-state index in [1.165, 1.54) is 0 Å². The van der Waals surface area contributed by atoms with E-state index in [4.69, 9.17) is 5.73 Å². The molecule has 5 nitrogen and oxygen atoms in total. The minimum Gasteiger partial charge on any atom is -0.368 e. The van der Waals surface area contributed by atoms with Crippen molar-refractivity contribution in [1.29, 1.82) is 0 Å². The summed E-state index contributed by atoms with van der Waals surface area (Å²) >= 11 is 3.29. The van der Waals surface area contributed by atoms with Crippen LogP contribution in [-0.2, 0) is 0 Å². The maximum atomic E-state index is 5.43. The lowest BCUT2D eigenvalue weighted by molar-refractivity contribution is 0.842. The molecule has 2 N–H and O–H groups in total. The van der Waals surface area contributed by atoms with Gasteiger partial charge in [0.15, 0.2) is 5.82 Å². The summed E-state index contributed by atoms with van der Waals surface area (Å²) in [6.07, 6.45) is 5.06. The average Bonchev–Trinajstić information content (AvgIpc) is 2.52. The van der Waals surface area contributed by atoms with E-state index in [0.717, 1.165) is 4.47 Å². The molecule has 0 aliphatic rings. The van der Waals surface area contributed by atoms with Crippen molar-refractivity contribution in [2.24, 2.45) is 0 Å². The molecule has 66 valence electrons. The number of aromatic nitrogens is 4. The largest absolute Gasteiger partial charge is 0.368 e. The summed E-state index contributed by atoms with van der Waals surface area (Å²) in [4.78, 5) is 7.79. The third kappa shape index (κ3) is 1.67. The minimum absolute atomic E-state index is 0.240. The summed E-state index contributed by atoms with van der Waals surface area (Å²) in [6.45, 7) is 0. The topological polar surface area (TPSA) is 69.6 Å². The Morgan fingerprint density at radius 1 is 1.46 bits per heavy atom. The Bertz CT molecular complexity index is 424. The van der Waals surface area contributed by atoms with Crippen LogP contribution in [0.2, 0.25) is 0 Å². The van der Waals surface area contributed by atoms with Crippen molar-refractivity contribution in [2.45, 2.75) is 0 Å². The number of nitrogens with zero attached hydrogens (tertiary/aromatic N) is 4. The van der Waals surface area contributed by atoms with Gasteiger partial charge >= 0.3 is 0 Å². The highest BCUT2D eigenvalue weighted by Crippen LogP contribution is 2.10. The van der Waals surface area contributed by atoms with Crippen molar-refractivity contribution in [3.05, 3.63) is 29.1 Å². The first-order valence-corrected chi connectivity index (χ1v) is 4.34. The Morgan fingerprint density at radius 3 is 2.92 bits per heavy atom. The van der Waals surface area contributed by atoms with Gasteiger partial charge < -0.3 is 5.73 Å². The Kier molecular flexibility index (Phi) is 1.97. The van der Waals surface area contributed by atoms with Crippen LogP contribution in [0.25, 0.3) is 5.82 Å². The van der Waals surface area contributed by atoms with Crippen molar-refractivity contribution in [2.75, 3.05) is 5.73 Å². The maximum absolute atomic E-state index is 5.43. The van der Waals surface area contributed by atoms with Gasteiger partial charge in [-0.15, -0.1) is 0 Å². The number of nitrogens with two attached hydrogens (primary N) is 1. The molecule has 6 heteroatoms. The molecule has 2 aromatic heterocycles. The zero-order valence-electron chi connectivity index (χ0n) is 6.55. The fraction of sp³-hybridized carbons (Fsp3) is 0. The third-order valence-corrected chi connectivity index (χ3v) is 1.85. The van der Waals surface area contributed by atoms with Crippen LogP contribution in [0.4, 0.5) is 5.95 Å². The summed E-state index contributed by atoms with van der Waals surface area (Å²) < 4.78 is 2.51. The van der Waals surface area contributed by atoms with Crippen molar-refractivity contribution in [1.82, 2.24) is 19.7 Å². The van der Waals surface area contributed by atoms with Crippen LogP contribution in [0.5, 0.6) is 0 Å². The van der Waals surface area contributed by atoms with E-state index in [2.05, 4.69) is 31.0 Å². The van der Waals surface area contributed by atoms with Gasteiger partial charge in [0.1, 0.15) is 0 Å². The van der Waals surface area contributed by atoms with Crippen LogP contribution in [0, 0.1) is 0 Å². The zero-order chi connectivity index (χ0) is 9.26. The summed E-state index contributed by atoms with van der Waals surface area (Å²) in [7, 11) is 0. The van der Waals surface area contributed by atoms with E-state index in [0.29, 0.717) is 5.82 Å². The Hall–Kier alpha value is -1.43. The van der Waals surface area contributed by atoms with Crippen LogP contribution in [0.1, 0.15) is 0 Å². The Labute approximate surface area is 82.7 Å². The minimum atomic E-state index is 0.240. The van der Waals surface area contributed by atoms with Crippen LogP contribution in [-0.4, -0.2) is 19.7 Å². The monoisotopic (exact) mass is 239 g/mol. The molecular weight excluding hydrogens is 234 g/mol. The molecular formula is C7H6BrN5. The lowest BCUT2D eigenvalue weighted by Crippen LogP contribution is -2.01. The first-order chi connectivity index (χ1) is 6.25. The van der Waals surface area contributed by atoms with Crippen molar-refractivity contribution >= 4 is 21.9 Å². The summed E-state index contributed by atoms with van der Waals surface area (Å²) in [5, 5.41) is 4.05. The molecule has 0 radical (unpaired) electrons. The second-order valence-electron chi connectivity index (χ2n) is 2.38. The van der Waals surface area contributed by atoms with Crippen LogP contribution in [0.3, 0.4) is 0 Å². The molecule has 0 aromatic carbocycles. The molecule has 0 atom stereocenters. The predicted molar refractivity (Wildman–Crippen MR) is 51.3 cm³/mol. The standard InChI is InChI=1S/C7H6BrN5/c8-5-3-11-13(4-5)6-1-2-10-7(9)12-6/h1-4H,(H2,9,10,12). The predicted octanol–water partition coefficient (Wildman–Crippen LogP) is 1.01. The number of anilines is 1. The van der Waals surface area contributed by atoms with Crippen molar-refractivity contribution in [3.8, 4) is 5.82 Å². The number of halogens is 1. The van der Waals surface area contributed by atoms with E-state index >= 15 is 0 Å². The molecule has 0 saturated carbocycles. The van der Waals surface area contributed by atoms with Gasteiger partial charge in [0, 0.05) is 18.5 Å². The average molecular weight is 240 g/mol. The highest BCUT2D eigenvalue weighted by Gasteiger charge is 2.00. The molecule has 0 amide bonds. The normalized spacial score (nSPS) is 10.2. The quantitative estimate of drug-likeness (QED) is 0.807. The highest BCUT2D eigenvalue weighted by molar-refractivity contribution is 9.10. The van der Waals surface area contributed by atoms with Gasteiger partial charge in [-0.2, -0.15) is 10.1 Å². The lowest BCUT2D eigenvalue weighted by Gasteiger charge is -1.98. The molecule has 0 saturated heterocycles. The molecule has 0 fully saturated rings. The lowest BCUT2D eigenvalue weighted by atomic mass is 10.6. The van der Waals surface area contributed by atoms with Gasteiger partial charge in [0.25, 0.3) is 0 Å². The fourth-order valence-corrected chi connectivity index (χ4v) is 1.20. The fourth-order valence-electron chi connectivity index (χ4n) is 0.918. The van der Waals surface area contributed by atoms with Gasteiger partial charge in [0.05, 0.1) is 10.7 Å². The number of rotatable bonds is 1. The van der Waals surface area contributed by atoms with E-state index in [9.17, 15) is 0 Å². The first-order valence-electron chi connectivity index (χ1n) is 3.55. The van der Waals surface area contributed by atoms with Crippen LogP contribution >= 0.6 is 15.9 Å². The van der Waals surface area contributed by atoms with Gasteiger partial charge in [-0.1, -0.05) is 0 Å². The highest BCUT2D eigenvalue weighted by atomic mass is 79.9. The summed E-state index contributed by atoms with van der Waals surface area (Å²) in [5.41, 5.74) is 5.43. The molecule has 13 heavy (non-hydrogen) atoms. The molecule has 0 spiro atoms. The van der Waals surface area contributed by atoms with E-state index < -0.39 is 0 Å². The second-order valence-corrected chi connectivity index (χ2v) is 3.29. The van der Waals surface area contributed by atoms with Gasteiger partial charge in [-0.05, 0) is 15.9 Å². The molecule has 2 rings (SSSR count). The smallest absolute Gasteiger partial charge is 0.221 e. The van der Waals surface area contributed by atoms with Crippen LogP contribution < -0.4 is 5.73 Å². The molecule has 0 unspecified atom stereocenters. The number of nitrogen functional groups attached to an aromatic ring is 1. The van der Waals surface area contributed by atoms with Gasteiger partial charge in [-0.25, -0.2) is 9.67 Å². The molecule has 2 heterocycles. The second kappa shape index (κ2) is 3.14. The van der Waals surface area contributed by atoms with Crippen molar-refractivity contribution < 1.29 is 0 Å². The maximum Gasteiger partial charge on any atom is 0.221 e. The van der Waals surface area contributed by atoms with Crippen LogP contribution in [0.15, 0.2) is 29.1 Å². The molecule has 0 aliphatic heterocycles. The summed E-state index contributed by atoms with van der Waals surface area (Å²) in [6, 6.07) is 1.73. The van der Waals surface area contributed by atoms with E-state index in [1.807, 2.05) is 0 Å². The Balaban J connectivity index is 2.46. The van der Waals surface area contributed by atoms with Gasteiger partial charge in [0.2, 0.25) is 5.95 Å². The first kappa shape index (κ1) is 8.18. The summed E-state index contributed by atoms with van der Waals surface area (Å²) in [5.74, 6) is 0.891. The van der Waals surface area contributed by atoms with E-state index in [-0.39, 0.29) is 5.95 Å². The zero-order valence-corrected chi connectivity index (χ0v) is 8.14. The third-order valence-electron chi connectivity index (χ3n) is 1.45. The van der Waals surface area contributed by atoms with Gasteiger partial charge in [-0.3, -0.25) is 0 Å². The molecule has 0 aliphatic carbocycles. The molecule has 2 aromatic rings. The SMILES string of the molecule is Nc1nccc(-n2cc(Br)cn2)n1. The van der Waals surface area contributed by atoms with Crippen molar-refractivity contribution in [3.63, 3.8) is 0 Å². The van der Waals surface area contributed by atoms with E-state index in [1.54, 1.807) is 29.3 Å². The number of hydrogen-bond donors (Lipinski definition) is 1. The number of hydrogen-bond acceptors (Lipinski definition) is 4.